The Bertz CT molecular complexity index is 705. The first kappa shape index (κ1) is 17.4. The summed E-state index contributed by atoms with van der Waals surface area (Å²) in [6.07, 6.45) is 0.406. The molecule has 1 fully saturated rings. The molecule has 1 saturated heterocycles. The van der Waals surface area contributed by atoms with Crippen LogP contribution in [-0.4, -0.2) is 55.8 Å². The Morgan fingerprint density at radius 1 is 1.35 bits per heavy atom. The molecule has 1 N–H and O–H groups in total. The van der Waals surface area contributed by atoms with Gasteiger partial charge in [0.05, 0.1) is 17.1 Å². The number of nitrogens with zero attached hydrogens (tertiary/aromatic N) is 1. The largest absolute Gasteiger partial charge is 0.350 e. The molecule has 126 valence electrons. The van der Waals surface area contributed by atoms with Gasteiger partial charge in [0.15, 0.2) is 9.84 Å². The van der Waals surface area contributed by atoms with Gasteiger partial charge in [0.25, 0.3) is 5.91 Å². The van der Waals surface area contributed by atoms with Gasteiger partial charge < -0.3 is 10.2 Å². The van der Waals surface area contributed by atoms with Crippen LogP contribution in [0.3, 0.4) is 0 Å². The number of hydrogen-bond acceptors (Lipinski definition) is 4. The Kier molecular flexibility index (Phi) is 5.35. The number of carbonyl (C=O) groups excluding carboxylic acids is 2. The SMILES string of the molecule is CC(=O)N(CCNC(=O)c1ccccc1F)C1CCS(=O)(=O)C1. The van der Waals surface area contributed by atoms with Crippen molar-refractivity contribution in [3.63, 3.8) is 0 Å². The molecule has 0 radical (unpaired) electrons. The van der Waals surface area contributed by atoms with Crippen molar-refractivity contribution < 1.29 is 22.4 Å². The first-order valence-corrected chi connectivity index (χ1v) is 9.12. The Labute approximate surface area is 134 Å². The molecule has 1 heterocycles. The van der Waals surface area contributed by atoms with Crippen LogP contribution in [0.15, 0.2) is 24.3 Å². The fourth-order valence-electron chi connectivity index (χ4n) is 2.65. The summed E-state index contributed by atoms with van der Waals surface area (Å²) in [6.45, 7) is 1.68. The van der Waals surface area contributed by atoms with E-state index in [1.165, 1.54) is 30.0 Å². The van der Waals surface area contributed by atoms with Crippen LogP contribution in [-0.2, 0) is 14.6 Å². The molecule has 0 aliphatic carbocycles. The number of hydrogen-bond donors (Lipinski definition) is 1. The first-order valence-electron chi connectivity index (χ1n) is 7.30. The van der Waals surface area contributed by atoms with Crippen LogP contribution in [0.4, 0.5) is 4.39 Å². The molecule has 1 atom stereocenters. The molecule has 1 aliphatic heterocycles. The maximum atomic E-state index is 13.5. The van der Waals surface area contributed by atoms with E-state index in [0.717, 1.165) is 0 Å². The molecular formula is C15H19FN2O4S. The summed E-state index contributed by atoms with van der Waals surface area (Å²) in [7, 11) is -3.09. The molecule has 1 aliphatic rings. The van der Waals surface area contributed by atoms with Crippen molar-refractivity contribution in [1.82, 2.24) is 10.2 Å². The quantitative estimate of drug-likeness (QED) is 0.849. The van der Waals surface area contributed by atoms with Crippen LogP contribution >= 0.6 is 0 Å². The maximum Gasteiger partial charge on any atom is 0.254 e. The number of rotatable bonds is 5. The molecule has 2 rings (SSSR count). The average Bonchev–Trinajstić information content (AvgIpc) is 2.83. The second kappa shape index (κ2) is 7.08. The van der Waals surface area contributed by atoms with Crippen molar-refractivity contribution in [2.45, 2.75) is 19.4 Å². The minimum atomic E-state index is -3.09. The molecule has 6 nitrogen and oxygen atoms in total. The monoisotopic (exact) mass is 342 g/mol. The summed E-state index contributed by atoms with van der Waals surface area (Å²) in [6, 6.07) is 5.26. The highest BCUT2D eigenvalue weighted by Gasteiger charge is 2.33. The number of sulfone groups is 1. The highest BCUT2D eigenvalue weighted by molar-refractivity contribution is 7.91. The predicted molar refractivity (Wildman–Crippen MR) is 83.2 cm³/mol. The summed E-state index contributed by atoms with van der Waals surface area (Å²) in [5.41, 5.74) is -0.0645. The molecule has 23 heavy (non-hydrogen) atoms. The molecule has 8 heteroatoms. The zero-order chi connectivity index (χ0) is 17.0. The summed E-state index contributed by atoms with van der Waals surface area (Å²) in [5.74, 6) is -1.40. The van der Waals surface area contributed by atoms with E-state index in [2.05, 4.69) is 5.32 Å². The van der Waals surface area contributed by atoms with Crippen molar-refractivity contribution in [3.05, 3.63) is 35.6 Å². The molecule has 0 spiro atoms. The lowest BCUT2D eigenvalue weighted by Gasteiger charge is -2.27. The lowest BCUT2D eigenvalue weighted by atomic mass is 10.2. The Morgan fingerprint density at radius 2 is 2.04 bits per heavy atom. The van der Waals surface area contributed by atoms with E-state index in [-0.39, 0.29) is 42.1 Å². The lowest BCUT2D eigenvalue weighted by molar-refractivity contribution is -0.130. The van der Waals surface area contributed by atoms with Gasteiger partial charge in [-0.15, -0.1) is 0 Å². The fourth-order valence-corrected chi connectivity index (χ4v) is 4.38. The molecular weight excluding hydrogens is 323 g/mol. The predicted octanol–water partition coefficient (Wildman–Crippen LogP) is 0.591. The van der Waals surface area contributed by atoms with Crippen LogP contribution in [0.2, 0.25) is 0 Å². The van der Waals surface area contributed by atoms with Crippen LogP contribution in [0.25, 0.3) is 0 Å². The minimum Gasteiger partial charge on any atom is -0.350 e. The van der Waals surface area contributed by atoms with Crippen LogP contribution < -0.4 is 5.32 Å². The smallest absolute Gasteiger partial charge is 0.254 e. The highest BCUT2D eigenvalue weighted by atomic mass is 32.2. The van der Waals surface area contributed by atoms with E-state index in [1.54, 1.807) is 6.07 Å². The number of nitrogens with one attached hydrogen (secondary N) is 1. The Balaban J connectivity index is 1.92. The lowest BCUT2D eigenvalue weighted by Crippen LogP contribution is -2.44. The maximum absolute atomic E-state index is 13.5. The molecule has 2 amide bonds. The zero-order valence-electron chi connectivity index (χ0n) is 12.8. The highest BCUT2D eigenvalue weighted by Crippen LogP contribution is 2.17. The van der Waals surface area contributed by atoms with Gasteiger partial charge in [0.2, 0.25) is 5.91 Å². The van der Waals surface area contributed by atoms with E-state index in [0.29, 0.717) is 6.42 Å². The van der Waals surface area contributed by atoms with Crippen LogP contribution in [0.5, 0.6) is 0 Å². The standard InChI is InChI=1S/C15H19FN2O4S/c1-11(19)18(12-6-9-23(21,22)10-12)8-7-17-15(20)13-4-2-3-5-14(13)16/h2-5,12H,6-10H2,1H3,(H,17,20). The van der Waals surface area contributed by atoms with E-state index in [9.17, 15) is 22.4 Å². The topological polar surface area (TPSA) is 83.6 Å². The van der Waals surface area contributed by atoms with Gasteiger partial charge in [-0.3, -0.25) is 9.59 Å². The fraction of sp³-hybridized carbons (Fsp3) is 0.467. The van der Waals surface area contributed by atoms with Crippen molar-refractivity contribution >= 4 is 21.7 Å². The van der Waals surface area contributed by atoms with Gasteiger partial charge in [-0.1, -0.05) is 12.1 Å². The van der Waals surface area contributed by atoms with E-state index in [1.807, 2.05) is 0 Å². The zero-order valence-corrected chi connectivity index (χ0v) is 13.6. The second-order valence-corrected chi connectivity index (χ2v) is 7.73. The number of amides is 2. The third-order valence-corrected chi connectivity index (χ3v) is 5.56. The summed E-state index contributed by atoms with van der Waals surface area (Å²) in [4.78, 5) is 25.0. The molecule has 0 bridgehead atoms. The minimum absolute atomic E-state index is 0.0478. The molecule has 1 unspecified atom stereocenters. The molecule has 0 saturated carbocycles. The van der Waals surface area contributed by atoms with Gasteiger partial charge in [-0.25, -0.2) is 12.8 Å². The van der Waals surface area contributed by atoms with Gasteiger partial charge in [0.1, 0.15) is 5.82 Å². The third kappa shape index (κ3) is 4.51. The Hall–Kier alpha value is -1.96. The van der Waals surface area contributed by atoms with E-state index in [4.69, 9.17) is 0 Å². The summed E-state index contributed by atoms with van der Waals surface area (Å²) >= 11 is 0. The number of carbonyl (C=O) groups is 2. The number of benzene rings is 1. The molecule has 1 aromatic rings. The second-order valence-electron chi connectivity index (χ2n) is 5.51. The van der Waals surface area contributed by atoms with Crippen LogP contribution in [0, 0.1) is 5.82 Å². The van der Waals surface area contributed by atoms with Gasteiger partial charge >= 0.3 is 0 Å². The van der Waals surface area contributed by atoms with Crippen molar-refractivity contribution in [2.75, 3.05) is 24.6 Å². The number of halogens is 1. The van der Waals surface area contributed by atoms with E-state index < -0.39 is 21.6 Å². The van der Waals surface area contributed by atoms with E-state index >= 15 is 0 Å². The third-order valence-electron chi connectivity index (χ3n) is 3.81. The first-order chi connectivity index (χ1) is 10.8. The molecule has 0 aromatic heterocycles. The Morgan fingerprint density at radius 3 is 2.61 bits per heavy atom. The summed E-state index contributed by atoms with van der Waals surface area (Å²) < 4.78 is 36.5. The van der Waals surface area contributed by atoms with Gasteiger partial charge in [0, 0.05) is 26.1 Å². The van der Waals surface area contributed by atoms with Gasteiger partial charge in [-0.05, 0) is 18.6 Å². The normalized spacial score (nSPS) is 19.3. The summed E-state index contributed by atoms with van der Waals surface area (Å²) in [5, 5.41) is 2.55. The average molecular weight is 342 g/mol. The van der Waals surface area contributed by atoms with Crippen molar-refractivity contribution in [3.8, 4) is 0 Å². The van der Waals surface area contributed by atoms with Crippen molar-refractivity contribution in [1.29, 1.82) is 0 Å². The van der Waals surface area contributed by atoms with Crippen LogP contribution in [0.1, 0.15) is 23.7 Å². The molecule has 1 aromatic carbocycles. The van der Waals surface area contributed by atoms with Crippen molar-refractivity contribution in [2.24, 2.45) is 0 Å². The van der Waals surface area contributed by atoms with Gasteiger partial charge in [-0.2, -0.15) is 0 Å².